The van der Waals surface area contributed by atoms with Crippen LogP contribution in [0.4, 0.5) is 5.13 Å². The Labute approximate surface area is 126 Å². The molecule has 2 atom stereocenters. The molecule has 2 aliphatic rings. The van der Waals surface area contributed by atoms with Gasteiger partial charge in [0.15, 0.2) is 4.34 Å². The minimum atomic E-state index is -0.808. The predicted molar refractivity (Wildman–Crippen MR) is 80.6 cm³/mol. The van der Waals surface area contributed by atoms with E-state index in [4.69, 9.17) is 5.11 Å². The molecule has 2 fully saturated rings. The van der Waals surface area contributed by atoms with Gasteiger partial charge in [0.2, 0.25) is 5.13 Å². The normalized spacial score (nSPS) is 26.3. The van der Waals surface area contributed by atoms with Gasteiger partial charge in [-0.05, 0) is 31.6 Å². The zero-order valence-corrected chi connectivity index (χ0v) is 13.0. The highest BCUT2D eigenvalue weighted by molar-refractivity contribution is 8.01. The average molecular weight is 313 g/mol. The highest BCUT2D eigenvalue weighted by Gasteiger charge is 2.34. The van der Waals surface area contributed by atoms with Crippen molar-refractivity contribution in [1.82, 2.24) is 10.2 Å². The summed E-state index contributed by atoms with van der Waals surface area (Å²) in [5, 5.41) is 18.1. The second-order valence-corrected chi connectivity index (χ2v) is 7.66. The van der Waals surface area contributed by atoms with Crippen LogP contribution in [-0.2, 0) is 4.79 Å². The minimum Gasteiger partial charge on any atom is -0.481 e. The lowest BCUT2D eigenvalue weighted by Crippen LogP contribution is -2.46. The van der Waals surface area contributed by atoms with E-state index in [1.165, 1.54) is 50.3 Å². The van der Waals surface area contributed by atoms with Crippen molar-refractivity contribution in [3.05, 3.63) is 0 Å². The molecule has 1 saturated heterocycles. The highest BCUT2D eigenvalue weighted by Crippen LogP contribution is 2.39. The first-order valence-corrected chi connectivity index (χ1v) is 8.99. The first-order valence-electron chi connectivity index (χ1n) is 7.19. The molecular weight excluding hydrogens is 294 g/mol. The zero-order chi connectivity index (χ0) is 13.9. The molecule has 0 amide bonds. The standard InChI is InChI=1S/C13H19N3O2S2/c17-11(18)8-19-13-15-14-12(20-13)16-7-3-5-9-4-1-2-6-10(9)16/h9-10H,1-8H2,(H,17,18)/t9-,10-/m1/s1. The summed E-state index contributed by atoms with van der Waals surface area (Å²) < 4.78 is 0.764. The Kier molecular flexibility index (Phi) is 4.45. The van der Waals surface area contributed by atoms with Crippen molar-refractivity contribution < 1.29 is 9.90 Å². The van der Waals surface area contributed by atoms with Crippen LogP contribution in [0.5, 0.6) is 0 Å². The van der Waals surface area contributed by atoms with Crippen LogP contribution in [-0.4, -0.2) is 39.6 Å². The molecule has 1 aliphatic heterocycles. The smallest absolute Gasteiger partial charge is 0.313 e. The molecule has 0 unspecified atom stereocenters. The van der Waals surface area contributed by atoms with Gasteiger partial charge in [0.1, 0.15) is 0 Å². The van der Waals surface area contributed by atoms with Crippen LogP contribution in [0, 0.1) is 5.92 Å². The maximum Gasteiger partial charge on any atom is 0.313 e. The van der Waals surface area contributed by atoms with Crippen molar-refractivity contribution >= 4 is 34.2 Å². The molecule has 5 nitrogen and oxygen atoms in total. The number of thioether (sulfide) groups is 1. The third-order valence-corrected chi connectivity index (χ3v) is 6.28. The molecule has 1 aromatic rings. The summed E-state index contributed by atoms with van der Waals surface area (Å²) in [4.78, 5) is 13.0. The Morgan fingerprint density at radius 2 is 2.10 bits per heavy atom. The average Bonchev–Trinajstić information content (AvgIpc) is 2.93. The number of aliphatic carboxylic acids is 1. The van der Waals surface area contributed by atoms with E-state index in [9.17, 15) is 4.79 Å². The number of piperidine rings is 1. The molecule has 3 rings (SSSR count). The lowest BCUT2D eigenvalue weighted by molar-refractivity contribution is -0.133. The molecule has 110 valence electrons. The highest BCUT2D eigenvalue weighted by atomic mass is 32.2. The van der Waals surface area contributed by atoms with E-state index in [1.54, 1.807) is 11.3 Å². The van der Waals surface area contributed by atoms with Crippen molar-refractivity contribution in [1.29, 1.82) is 0 Å². The SMILES string of the molecule is O=C(O)CSc1nnc(N2CCC[C@H]3CCCC[C@H]32)s1. The van der Waals surface area contributed by atoms with Crippen LogP contribution >= 0.6 is 23.1 Å². The van der Waals surface area contributed by atoms with Crippen molar-refractivity contribution in [3.63, 3.8) is 0 Å². The van der Waals surface area contributed by atoms with Crippen LogP contribution in [0.15, 0.2) is 4.34 Å². The summed E-state index contributed by atoms with van der Waals surface area (Å²) in [6, 6.07) is 0.628. The van der Waals surface area contributed by atoms with Crippen molar-refractivity contribution in [2.75, 3.05) is 17.2 Å². The van der Waals surface area contributed by atoms with E-state index in [0.29, 0.717) is 6.04 Å². The topological polar surface area (TPSA) is 66.3 Å². The maximum absolute atomic E-state index is 10.6. The molecule has 7 heteroatoms. The lowest BCUT2D eigenvalue weighted by atomic mass is 9.78. The van der Waals surface area contributed by atoms with E-state index in [-0.39, 0.29) is 5.75 Å². The quantitative estimate of drug-likeness (QED) is 0.862. The first kappa shape index (κ1) is 14.1. The van der Waals surface area contributed by atoms with Gasteiger partial charge in [0.05, 0.1) is 5.75 Å². The summed E-state index contributed by atoms with van der Waals surface area (Å²) >= 11 is 2.80. The third kappa shape index (κ3) is 3.09. The minimum absolute atomic E-state index is 0.0562. The zero-order valence-electron chi connectivity index (χ0n) is 11.3. The molecule has 1 aliphatic carbocycles. The van der Waals surface area contributed by atoms with Gasteiger partial charge in [-0.1, -0.05) is 35.9 Å². The number of carbonyl (C=O) groups is 1. The second-order valence-electron chi connectivity index (χ2n) is 5.48. The maximum atomic E-state index is 10.6. The fourth-order valence-corrected chi connectivity index (χ4v) is 5.01. The van der Waals surface area contributed by atoms with Gasteiger partial charge in [-0.15, -0.1) is 10.2 Å². The number of aromatic nitrogens is 2. The molecule has 0 radical (unpaired) electrons. The fraction of sp³-hybridized carbons (Fsp3) is 0.769. The second kappa shape index (κ2) is 6.30. The number of rotatable bonds is 4. The number of carboxylic acid groups (broad SMARTS) is 1. The van der Waals surface area contributed by atoms with E-state index in [1.807, 2.05) is 0 Å². The molecule has 20 heavy (non-hydrogen) atoms. The van der Waals surface area contributed by atoms with Crippen LogP contribution in [0.3, 0.4) is 0 Å². The van der Waals surface area contributed by atoms with Crippen molar-refractivity contribution in [2.45, 2.75) is 48.9 Å². The Morgan fingerprint density at radius 1 is 1.30 bits per heavy atom. The summed E-state index contributed by atoms with van der Waals surface area (Å²) in [6.45, 7) is 1.07. The molecule has 1 N–H and O–H groups in total. The van der Waals surface area contributed by atoms with Gasteiger partial charge in [0, 0.05) is 12.6 Å². The van der Waals surface area contributed by atoms with Gasteiger partial charge in [-0.25, -0.2) is 0 Å². The van der Waals surface area contributed by atoms with Gasteiger partial charge >= 0.3 is 5.97 Å². The summed E-state index contributed by atoms with van der Waals surface area (Å²) in [5.41, 5.74) is 0. The van der Waals surface area contributed by atoms with Gasteiger partial charge in [-0.2, -0.15) is 0 Å². The molecule has 0 aromatic carbocycles. The largest absolute Gasteiger partial charge is 0.481 e. The van der Waals surface area contributed by atoms with E-state index in [2.05, 4.69) is 15.1 Å². The van der Waals surface area contributed by atoms with Crippen LogP contribution in [0.25, 0.3) is 0 Å². The molecule has 1 saturated carbocycles. The Hall–Kier alpha value is -0.820. The molecule has 2 heterocycles. The van der Waals surface area contributed by atoms with Gasteiger partial charge in [0.25, 0.3) is 0 Å². The summed E-state index contributed by atoms with van der Waals surface area (Å²) in [6.07, 6.45) is 7.88. The lowest BCUT2D eigenvalue weighted by Gasteiger charge is -2.43. The molecule has 0 bridgehead atoms. The Balaban J connectivity index is 1.69. The number of carboxylic acids is 1. The third-order valence-electron chi connectivity index (χ3n) is 4.20. The van der Waals surface area contributed by atoms with Crippen molar-refractivity contribution in [2.24, 2.45) is 5.92 Å². The number of hydrogen-bond acceptors (Lipinski definition) is 6. The summed E-state index contributed by atoms with van der Waals surface area (Å²) in [5.74, 6) is 0.0642. The Morgan fingerprint density at radius 3 is 2.95 bits per heavy atom. The van der Waals surface area contributed by atoms with Gasteiger partial charge < -0.3 is 10.0 Å². The van der Waals surface area contributed by atoms with Crippen LogP contribution in [0.2, 0.25) is 0 Å². The summed E-state index contributed by atoms with van der Waals surface area (Å²) in [7, 11) is 0. The number of hydrogen-bond donors (Lipinski definition) is 1. The first-order chi connectivity index (χ1) is 9.74. The number of fused-ring (bicyclic) bond motifs is 1. The Bertz CT molecular complexity index is 478. The molecular formula is C13H19N3O2S2. The monoisotopic (exact) mass is 313 g/mol. The van der Waals surface area contributed by atoms with Crippen LogP contribution in [0.1, 0.15) is 38.5 Å². The van der Waals surface area contributed by atoms with Crippen molar-refractivity contribution in [3.8, 4) is 0 Å². The number of anilines is 1. The predicted octanol–water partition coefficient (Wildman–Crippen LogP) is 2.87. The molecule has 1 aromatic heterocycles. The van der Waals surface area contributed by atoms with E-state index in [0.717, 1.165) is 21.9 Å². The van der Waals surface area contributed by atoms with Crippen LogP contribution < -0.4 is 4.90 Å². The number of nitrogens with zero attached hydrogens (tertiary/aromatic N) is 3. The fourth-order valence-electron chi connectivity index (χ4n) is 3.36. The molecule has 0 spiro atoms. The van der Waals surface area contributed by atoms with Gasteiger partial charge in [-0.3, -0.25) is 4.79 Å². The van der Waals surface area contributed by atoms with E-state index < -0.39 is 5.97 Å². The van der Waals surface area contributed by atoms with E-state index >= 15 is 0 Å².